The minimum Gasteiger partial charge on any atom is -0.487 e. The van der Waals surface area contributed by atoms with Crippen LogP contribution < -0.4 is 4.74 Å². The molecule has 2 aromatic carbocycles. The van der Waals surface area contributed by atoms with Crippen LogP contribution in [-0.4, -0.2) is 23.0 Å². The Morgan fingerprint density at radius 3 is 2.52 bits per heavy atom. The Morgan fingerprint density at radius 2 is 1.88 bits per heavy atom. The summed E-state index contributed by atoms with van der Waals surface area (Å²) in [6.07, 6.45) is 2.35. The third-order valence-corrected chi connectivity index (χ3v) is 5.35. The molecule has 1 aliphatic heterocycles. The fourth-order valence-electron chi connectivity index (χ4n) is 2.89. The van der Waals surface area contributed by atoms with E-state index in [1.165, 1.54) is 25.0 Å². The van der Waals surface area contributed by atoms with Crippen molar-refractivity contribution in [1.29, 1.82) is 0 Å². The van der Waals surface area contributed by atoms with E-state index >= 15 is 0 Å². The van der Waals surface area contributed by atoms with Crippen molar-refractivity contribution in [1.82, 2.24) is 4.90 Å². The molecular formula is C20H21ClFNOS. The summed E-state index contributed by atoms with van der Waals surface area (Å²) in [6, 6.07) is 11.9. The van der Waals surface area contributed by atoms with E-state index in [-0.39, 0.29) is 5.82 Å². The monoisotopic (exact) mass is 377 g/mol. The zero-order chi connectivity index (χ0) is 17.8. The number of benzene rings is 2. The molecule has 25 heavy (non-hydrogen) atoms. The molecule has 0 amide bonds. The average Bonchev–Trinajstić information content (AvgIpc) is 2.62. The molecule has 3 rings (SSSR count). The van der Waals surface area contributed by atoms with Gasteiger partial charge in [-0.2, -0.15) is 0 Å². The fraction of sp³-hybridized carbons (Fsp3) is 0.350. The Labute approximate surface area is 158 Å². The SMILES string of the molecule is CC1CCN(C(=S)c2ccc(OCc3ccc(F)cc3)c(Cl)c2)CC1. The van der Waals surface area contributed by atoms with E-state index in [9.17, 15) is 4.39 Å². The molecule has 132 valence electrons. The highest BCUT2D eigenvalue weighted by Crippen LogP contribution is 2.28. The van der Waals surface area contributed by atoms with E-state index in [1.807, 2.05) is 18.2 Å². The molecule has 0 aromatic heterocycles. The van der Waals surface area contributed by atoms with E-state index in [0.717, 1.165) is 35.1 Å². The van der Waals surface area contributed by atoms with Gasteiger partial charge in [-0.15, -0.1) is 0 Å². The predicted molar refractivity (Wildman–Crippen MR) is 104 cm³/mol. The Bertz CT molecular complexity index is 742. The smallest absolute Gasteiger partial charge is 0.138 e. The van der Waals surface area contributed by atoms with Crippen molar-refractivity contribution in [3.63, 3.8) is 0 Å². The minimum absolute atomic E-state index is 0.258. The minimum atomic E-state index is -0.258. The zero-order valence-corrected chi connectivity index (χ0v) is 15.7. The first kappa shape index (κ1) is 18.2. The van der Waals surface area contributed by atoms with Gasteiger partial charge in [0.1, 0.15) is 23.2 Å². The van der Waals surface area contributed by atoms with Crippen LogP contribution in [0.1, 0.15) is 30.9 Å². The Hall–Kier alpha value is -1.65. The number of thiocarbonyl (C=S) groups is 1. The molecule has 1 saturated heterocycles. The molecule has 1 fully saturated rings. The van der Waals surface area contributed by atoms with Gasteiger partial charge >= 0.3 is 0 Å². The van der Waals surface area contributed by atoms with Crippen LogP contribution in [0.2, 0.25) is 5.02 Å². The molecule has 0 unspecified atom stereocenters. The van der Waals surface area contributed by atoms with Crippen molar-refractivity contribution >= 4 is 28.8 Å². The van der Waals surface area contributed by atoms with Crippen molar-refractivity contribution < 1.29 is 9.13 Å². The summed E-state index contributed by atoms with van der Waals surface area (Å²) < 4.78 is 18.7. The van der Waals surface area contributed by atoms with E-state index in [2.05, 4.69) is 11.8 Å². The van der Waals surface area contributed by atoms with Crippen LogP contribution in [0.4, 0.5) is 4.39 Å². The number of hydrogen-bond acceptors (Lipinski definition) is 2. The summed E-state index contributed by atoms with van der Waals surface area (Å²) in [7, 11) is 0. The van der Waals surface area contributed by atoms with E-state index in [4.69, 9.17) is 28.6 Å². The number of likely N-dealkylation sites (tertiary alicyclic amines) is 1. The summed E-state index contributed by atoms with van der Waals surface area (Å²) in [5, 5.41) is 0.535. The summed E-state index contributed by atoms with van der Waals surface area (Å²) >= 11 is 12.0. The predicted octanol–water partition coefficient (Wildman–Crippen LogP) is 5.47. The van der Waals surface area contributed by atoms with Crippen LogP contribution in [0, 0.1) is 11.7 Å². The highest BCUT2D eigenvalue weighted by Gasteiger charge is 2.19. The first-order chi connectivity index (χ1) is 12.0. The molecule has 0 N–H and O–H groups in total. The normalized spacial score (nSPS) is 15.2. The molecule has 2 nitrogen and oxygen atoms in total. The quantitative estimate of drug-likeness (QED) is 0.656. The maximum absolute atomic E-state index is 12.9. The summed E-state index contributed by atoms with van der Waals surface area (Å²) in [6.45, 7) is 4.62. The van der Waals surface area contributed by atoms with Crippen molar-refractivity contribution in [2.24, 2.45) is 5.92 Å². The van der Waals surface area contributed by atoms with Gasteiger partial charge in [-0.25, -0.2) is 4.39 Å². The Kier molecular flexibility index (Phi) is 5.92. The van der Waals surface area contributed by atoms with Gasteiger partial charge in [-0.1, -0.05) is 42.9 Å². The number of hydrogen-bond donors (Lipinski definition) is 0. The number of nitrogens with zero attached hydrogens (tertiary/aromatic N) is 1. The lowest BCUT2D eigenvalue weighted by molar-refractivity contribution is 0.284. The maximum atomic E-state index is 12.9. The van der Waals surface area contributed by atoms with Gasteiger partial charge in [0, 0.05) is 18.7 Å². The molecule has 0 aliphatic carbocycles. The number of piperidine rings is 1. The van der Waals surface area contributed by atoms with E-state index < -0.39 is 0 Å². The lowest BCUT2D eigenvalue weighted by Crippen LogP contribution is -2.37. The molecule has 0 atom stereocenters. The van der Waals surface area contributed by atoms with Crippen LogP contribution in [0.15, 0.2) is 42.5 Å². The van der Waals surface area contributed by atoms with Crippen molar-refractivity contribution in [3.05, 3.63) is 64.4 Å². The highest BCUT2D eigenvalue weighted by molar-refractivity contribution is 7.80. The molecule has 2 aromatic rings. The lowest BCUT2D eigenvalue weighted by Gasteiger charge is -2.32. The maximum Gasteiger partial charge on any atom is 0.138 e. The number of halogens is 2. The molecule has 0 spiro atoms. The second kappa shape index (κ2) is 8.15. The largest absolute Gasteiger partial charge is 0.487 e. The van der Waals surface area contributed by atoms with Gasteiger partial charge in [0.15, 0.2) is 0 Å². The molecule has 0 bridgehead atoms. The zero-order valence-electron chi connectivity index (χ0n) is 14.2. The van der Waals surface area contributed by atoms with Gasteiger partial charge in [0.05, 0.1) is 5.02 Å². The second-order valence-electron chi connectivity index (χ2n) is 6.54. The third-order valence-electron chi connectivity index (χ3n) is 4.56. The number of rotatable bonds is 4. The number of ether oxygens (including phenoxy) is 1. The van der Waals surface area contributed by atoms with Crippen LogP contribution in [0.3, 0.4) is 0 Å². The lowest BCUT2D eigenvalue weighted by atomic mass is 9.99. The molecule has 0 saturated carbocycles. The Balaban J connectivity index is 1.64. The van der Waals surface area contributed by atoms with Gasteiger partial charge in [0.25, 0.3) is 0 Å². The first-order valence-electron chi connectivity index (χ1n) is 8.49. The van der Waals surface area contributed by atoms with E-state index in [1.54, 1.807) is 12.1 Å². The molecule has 0 radical (unpaired) electrons. The van der Waals surface area contributed by atoms with Crippen LogP contribution in [0.25, 0.3) is 0 Å². The second-order valence-corrected chi connectivity index (χ2v) is 7.33. The van der Waals surface area contributed by atoms with Crippen molar-refractivity contribution in [2.75, 3.05) is 13.1 Å². The van der Waals surface area contributed by atoms with Gasteiger partial charge in [0.2, 0.25) is 0 Å². The van der Waals surface area contributed by atoms with Crippen molar-refractivity contribution in [3.8, 4) is 5.75 Å². The third kappa shape index (κ3) is 4.71. The molecule has 1 heterocycles. The molecular weight excluding hydrogens is 357 g/mol. The van der Waals surface area contributed by atoms with Gasteiger partial charge < -0.3 is 9.64 Å². The Morgan fingerprint density at radius 1 is 1.20 bits per heavy atom. The van der Waals surface area contributed by atoms with Crippen LogP contribution in [-0.2, 0) is 6.61 Å². The van der Waals surface area contributed by atoms with Crippen molar-refractivity contribution in [2.45, 2.75) is 26.4 Å². The fourth-order valence-corrected chi connectivity index (χ4v) is 3.43. The van der Waals surface area contributed by atoms with Crippen LogP contribution >= 0.6 is 23.8 Å². The molecule has 1 aliphatic rings. The van der Waals surface area contributed by atoms with Gasteiger partial charge in [-0.05, 0) is 54.7 Å². The molecule has 5 heteroatoms. The summed E-state index contributed by atoms with van der Waals surface area (Å²) in [5.41, 5.74) is 1.84. The topological polar surface area (TPSA) is 12.5 Å². The standard InChI is InChI=1S/C20H21ClFNOS/c1-14-8-10-23(11-9-14)20(25)16-4-7-19(18(21)12-16)24-13-15-2-5-17(22)6-3-15/h2-7,12,14H,8-11,13H2,1H3. The van der Waals surface area contributed by atoms with Gasteiger partial charge in [-0.3, -0.25) is 0 Å². The highest BCUT2D eigenvalue weighted by atomic mass is 35.5. The summed E-state index contributed by atoms with van der Waals surface area (Å²) in [4.78, 5) is 3.10. The summed E-state index contributed by atoms with van der Waals surface area (Å²) in [5.74, 6) is 1.11. The average molecular weight is 378 g/mol. The first-order valence-corrected chi connectivity index (χ1v) is 9.27. The van der Waals surface area contributed by atoms with E-state index in [0.29, 0.717) is 17.4 Å². The van der Waals surface area contributed by atoms with Crippen LogP contribution in [0.5, 0.6) is 5.75 Å².